The van der Waals surface area contributed by atoms with Crippen LogP contribution in [0, 0.1) is 34.5 Å². The van der Waals surface area contributed by atoms with Crippen LogP contribution < -0.4 is 0 Å². The van der Waals surface area contributed by atoms with E-state index in [1.807, 2.05) is 26.8 Å². The Hall–Kier alpha value is -0.900. The number of aliphatic hydroxyl groups excluding tert-OH is 1. The van der Waals surface area contributed by atoms with Crippen molar-refractivity contribution in [2.24, 2.45) is 34.5 Å². The molecule has 0 aromatic rings. The molecule has 0 bridgehead atoms. The fourth-order valence-corrected chi connectivity index (χ4v) is 7.48. The van der Waals surface area contributed by atoms with Gasteiger partial charge in [-0.2, -0.15) is 0 Å². The second-order valence-corrected chi connectivity index (χ2v) is 12.2. The van der Waals surface area contributed by atoms with E-state index in [0.717, 1.165) is 44.9 Å². The average molecular weight is 429 g/mol. The van der Waals surface area contributed by atoms with Gasteiger partial charge in [0.25, 0.3) is 0 Å². The quantitative estimate of drug-likeness (QED) is 0.514. The molecule has 0 spiro atoms. The predicted molar refractivity (Wildman–Crippen MR) is 126 cm³/mol. The topological polar surface area (TPSA) is 60.7 Å². The maximum Gasteiger partial charge on any atom is 0.0822 e. The van der Waals surface area contributed by atoms with Crippen molar-refractivity contribution in [1.82, 2.24) is 0 Å². The minimum Gasteiger partial charge on any atom is -0.393 e. The van der Waals surface area contributed by atoms with E-state index in [2.05, 4.69) is 39.0 Å². The molecule has 3 N–H and O–H groups in total. The zero-order chi connectivity index (χ0) is 22.8. The van der Waals surface area contributed by atoms with Crippen molar-refractivity contribution >= 4 is 0 Å². The molecule has 0 heterocycles. The molecule has 174 valence electrons. The van der Waals surface area contributed by atoms with Crippen LogP contribution in [-0.4, -0.2) is 32.6 Å². The van der Waals surface area contributed by atoms with Crippen LogP contribution >= 0.6 is 0 Å². The summed E-state index contributed by atoms with van der Waals surface area (Å²) in [4.78, 5) is 0. The molecule has 4 rings (SSSR count). The molecule has 0 saturated heterocycles. The molecule has 0 radical (unpaired) electrons. The molecule has 0 aromatic carbocycles. The Morgan fingerprint density at radius 3 is 2.39 bits per heavy atom. The van der Waals surface area contributed by atoms with E-state index in [0.29, 0.717) is 11.8 Å². The summed E-state index contributed by atoms with van der Waals surface area (Å²) in [6.45, 7) is 12.8. The third-order valence-electron chi connectivity index (χ3n) is 10.4. The molecule has 3 saturated carbocycles. The van der Waals surface area contributed by atoms with Crippen molar-refractivity contribution in [2.45, 2.75) is 104 Å². The summed E-state index contributed by atoms with van der Waals surface area (Å²) in [7, 11) is 0. The van der Waals surface area contributed by atoms with Crippen LogP contribution in [0.25, 0.3) is 0 Å². The largest absolute Gasteiger partial charge is 0.393 e. The Morgan fingerprint density at radius 2 is 1.71 bits per heavy atom. The number of hydrogen-bond acceptors (Lipinski definition) is 3. The molecule has 4 aliphatic rings. The van der Waals surface area contributed by atoms with Gasteiger partial charge in [-0.25, -0.2) is 0 Å². The van der Waals surface area contributed by atoms with E-state index in [-0.39, 0.29) is 28.8 Å². The fraction of sp³-hybridized carbons (Fsp3) is 0.786. The van der Waals surface area contributed by atoms with Crippen molar-refractivity contribution in [2.75, 3.05) is 0 Å². The Kier molecular flexibility index (Phi) is 5.68. The van der Waals surface area contributed by atoms with Crippen LogP contribution in [-0.2, 0) is 0 Å². The molecule has 3 fully saturated rings. The van der Waals surface area contributed by atoms with Gasteiger partial charge in [-0.3, -0.25) is 0 Å². The lowest BCUT2D eigenvalue weighted by molar-refractivity contribution is -0.108. The third kappa shape index (κ3) is 3.42. The SMILES string of the molecule is CC(C)[C@](C)(O)C=C[C@@H](C)[C@@]1(O)CC[C@H]2C3=CC=C4C[C@@H](O)CC[C@]4(C)[C@H]3CC[C@@]21C. The van der Waals surface area contributed by atoms with E-state index in [4.69, 9.17) is 0 Å². The van der Waals surface area contributed by atoms with Crippen LogP contribution in [0.3, 0.4) is 0 Å². The second kappa shape index (κ2) is 7.57. The van der Waals surface area contributed by atoms with Crippen LogP contribution in [0.4, 0.5) is 0 Å². The normalized spacial score (nSPS) is 45.4. The van der Waals surface area contributed by atoms with Gasteiger partial charge in [0, 0.05) is 11.3 Å². The first-order chi connectivity index (χ1) is 14.3. The number of hydrogen-bond donors (Lipinski definition) is 3. The van der Waals surface area contributed by atoms with Crippen LogP contribution in [0.5, 0.6) is 0 Å². The highest BCUT2D eigenvalue weighted by atomic mass is 16.3. The highest BCUT2D eigenvalue weighted by Gasteiger charge is 2.63. The minimum atomic E-state index is -0.853. The van der Waals surface area contributed by atoms with Gasteiger partial charge in [0.15, 0.2) is 0 Å². The zero-order valence-corrected chi connectivity index (χ0v) is 20.5. The van der Waals surface area contributed by atoms with Crippen molar-refractivity contribution in [3.63, 3.8) is 0 Å². The number of aliphatic hydroxyl groups is 3. The molecule has 0 aromatic heterocycles. The van der Waals surface area contributed by atoms with Gasteiger partial charge in [-0.05, 0) is 75.0 Å². The van der Waals surface area contributed by atoms with Crippen molar-refractivity contribution < 1.29 is 15.3 Å². The number of allylic oxidation sites excluding steroid dienone is 3. The standard InChI is InChI=1S/C28H44O3/c1-18(2)27(6,30)15-9-19(3)28(31)16-12-24-22-8-7-20-17-21(29)10-13-25(20,4)23(22)11-14-26(24,28)5/h7-9,15,18-19,21,23-24,29-31H,10-14,16-17H2,1-6H3/t19-,21+,23+,24+,25+,26+,27-,28+/m1/s1. The molecule has 0 unspecified atom stereocenters. The van der Waals surface area contributed by atoms with Crippen LogP contribution in [0.2, 0.25) is 0 Å². The summed E-state index contributed by atoms with van der Waals surface area (Å²) in [5, 5.41) is 32.9. The highest BCUT2D eigenvalue weighted by Crippen LogP contribution is 2.67. The molecule has 4 aliphatic carbocycles. The molecule has 0 aliphatic heterocycles. The van der Waals surface area contributed by atoms with Gasteiger partial charge < -0.3 is 15.3 Å². The first-order valence-corrected chi connectivity index (χ1v) is 12.6. The molecule has 0 amide bonds. The predicted octanol–water partition coefficient (Wildman–Crippen LogP) is 5.56. The second-order valence-electron chi connectivity index (χ2n) is 12.2. The van der Waals surface area contributed by atoms with Gasteiger partial charge in [0.1, 0.15) is 0 Å². The fourth-order valence-electron chi connectivity index (χ4n) is 7.48. The summed E-state index contributed by atoms with van der Waals surface area (Å²) < 4.78 is 0. The van der Waals surface area contributed by atoms with E-state index in [9.17, 15) is 15.3 Å². The monoisotopic (exact) mass is 428 g/mol. The summed E-state index contributed by atoms with van der Waals surface area (Å²) in [5.74, 6) is 1.10. The van der Waals surface area contributed by atoms with Gasteiger partial charge >= 0.3 is 0 Å². The molecular weight excluding hydrogens is 384 g/mol. The molecule has 3 heteroatoms. The van der Waals surface area contributed by atoms with Gasteiger partial charge in [0.05, 0.1) is 17.3 Å². The van der Waals surface area contributed by atoms with E-state index in [1.54, 1.807) is 5.57 Å². The third-order valence-corrected chi connectivity index (χ3v) is 10.4. The van der Waals surface area contributed by atoms with Crippen LogP contribution in [0.1, 0.15) is 86.5 Å². The zero-order valence-electron chi connectivity index (χ0n) is 20.5. The van der Waals surface area contributed by atoms with E-state index < -0.39 is 11.2 Å². The number of fused-ring (bicyclic) bond motifs is 5. The lowest BCUT2D eigenvalue weighted by atomic mass is 9.49. The Balaban J connectivity index is 1.63. The minimum absolute atomic E-state index is 0.0000157. The Morgan fingerprint density at radius 1 is 1.03 bits per heavy atom. The molecule has 3 nitrogen and oxygen atoms in total. The average Bonchev–Trinajstić information content (AvgIpc) is 2.99. The van der Waals surface area contributed by atoms with Gasteiger partial charge in [-0.1, -0.05) is 70.1 Å². The van der Waals surface area contributed by atoms with E-state index >= 15 is 0 Å². The van der Waals surface area contributed by atoms with Gasteiger partial charge in [-0.15, -0.1) is 0 Å². The maximum atomic E-state index is 12.1. The first kappa shape index (κ1) is 23.3. The molecular formula is C28H44O3. The van der Waals surface area contributed by atoms with E-state index in [1.165, 1.54) is 5.57 Å². The maximum absolute atomic E-state index is 12.1. The smallest absolute Gasteiger partial charge is 0.0822 e. The lowest BCUT2D eigenvalue weighted by Crippen LogP contribution is -2.54. The summed E-state index contributed by atoms with van der Waals surface area (Å²) in [6.07, 6.45) is 15.3. The number of rotatable bonds is 4. The summed E-state index contributed by atoms with van der Waals surface area (Å²) in [5.41, 5.74) is 1.42. The highest BCUT2D eigenvalue weighted by molar-refractivity contribution is 5.40. The Labute approximate surface area is 189 Å². The Bertz CT molecular complexity index is 805. The van der Waals surface area contributed by atoms with Crippen molar-refractivity contribution in [3.8, 4) is 0 Å². The summed E-state index contributed by atoms with van der Waals surface area (Å²) >= 11 is 0. The van der Waals surface area contributed by atoms with Crippen molar-refractivity contribution in [1.29, 1.82) is 0 Å². The van der Waals surface area contributed by atoms with Crippen LogP contribution in [0.15, 0.2) is 35.5 Å². The van der Waals surface area contributed by atoms with Crippen molar-refractivity contribution in [3.05, 3.63) is 35.5 Å². The molecule has 8 atom stereocenters. The molecule has 31 heavy (non-hydrogen) atoms. The lowest BCUT2D eigenvalue weighted by Gasteiger charge is -2.56. The summed E-state index contributed by atoms with van der Waals surface area (Å²) in [6, 6.07) is 0. The first-order valence-electron chi connectivity index (χ1n) is 12.6. The van der Waals surface area contributed by atoms with Gasteiger partial charge in [0.2, 0.25) is 0 Å².